The molecule has 10 heteroatoms. The van der Waals surface area contributed by atoms with Crippen LogP contribution in [0.2, 0.25) is 0 Å². The molecular formula is C16H10Cl6N3P. The lowest BCUT2D eigenvalue weighted by atomic mass is 10.4. The van der Waals surface area contributed by atoms with Crippen molar-refractivity contribution in [1.29, 1.82) is 0 Å². The molecule has 0 N–H and O–H groups in total. The summed E-state index contributed by atoms with van der Waals surface area (Å²) in [5.74, 6) is -0.139. The summed E-state index contributed by atoms with van der Waals surface area (Å²) in [6, 6.07) is 18.9. The molecule has 0 spiro atoms. The van der Waals surface area contributed by atoms with E-state index in [4.69, 9.17) is 79.1 Å². The maximum absolute atomic E-state index is 6.07. The first-order chi connectivity index (χ1) is 12.1. The fourth-order valence-electron chi connectivity index (χ4n) is 2.33. The van der Waals surface area contributed by atoms with Gasteiger partial charge in [-0.05, 0) is 0 Å². The molecule has 1 heterocycles. The van der Waals surface area contributed by atoms with Crippen molar-refractivity contribution in [2.24, 2.45) is 14.5 Å². The van der Waals surface area contributed by atoms with Crippen LogP contribution < -0.4 is 10.6 Å². The van der Waals surface area contributed by atoms with E-state index in [1.165, 1.54) is 0 Å². The van der Waals surface area contributed by atoms with Crippen molar-refractivity contribution in [2.45, 2.75) is 7.59 Å². The van der Waals surface area contributed by atoms with Crippen LogP contribution in [0.15, 0.2) is 75.2 Å². The van der Waals surface area contributed by atoms with Crippen LogP contribution in [-0.4, -0.2) is 19.3 Å². The van der Waals surface area contributed by atoms with E-state index in [-0.39, 0.29) is 11.7 Å². The Morgan fingerprint density at radius 3 is 1.42 bits per heavy atom. The Labute approximate surface area is 181 Å². The van der Waals surface area contributed by atoms with Crippen LogP contribution >= 0.6 is 76.8 Å². The number of alkyl halides is 6. The Kier molecular flexibility index (Phi) is 6.02. The predicted molar refractivity (Wildman–Crippen MR) is 117 cm³/mol. The van der Waals surface area contributed by atoms with Crippen LogP contribution in [0, 0.1) is 0 Å². The van der Waals surface area contributed by atoms with Crippen LogP contribution in [-0.2, 0) is 0 Å². The number of nitrogens with zero attached hydrogens (tertiary/aromatic N) is 3. The lowest BCUT2D eigenvalue weighted by molar-refractivity contribution is 1.34. The lowest BCUT2D eigenvalue weighted by Crippen LogP contribution is -2.30. The molecule has 26 heavy (non-hydrogen) atoms. The summed E-state index contributed by atoms with van der Waals surface area (Å²) in [5.41, 5.74) is 0. The van der Waals surface area contributed by atoms with Gasteiger partial charge in [0, 0.05) is 10.6 Å². The van der Waals surface area contributed by atoms with Crippen LogP contribution in [0.5, 0.6) is 0 Å². The second-order valence-corrected chi connectivity index (χ2v) is 12.4. The SMILES string of the molecule is ClC(Cl)(Cl)C1=NC(C(Cl)(Cl)Cl)=NP(c2ccccc2)(c2ccccc2)=N1. The zero-order chi connectivity index (χ0) is 19.0. The Balaban J connectivity index is 2.42. The summed E-state index contributed by atoms with van der Waals surface area (Å²) in [5, 5.41) is 1.64. The monoisotopic (exact) mass is 485 g/mol. The molecule has 0 unspecified atom stereocenters. The molecule has 0 bridgehead atoms. The molecule has 2 aromatic carbocycles. The largest absolute Gasteiger partial charge is 0.250 e. The Bertz CT molecular complexity index is 856. The van der Waals surface area contributed by atoms with E-state index in [2.05, 4.69) is 4.99 Å². The highest BCUT2D eigenvalue weighted by Crippen LogP contribution is 2.54. The summed E-state index contributed by atoms with van der Waals surface area (Å²) in [7, 11) is -2.82. The van der Waals surface area contributed by atoms with E-state index in [1.54, 1.807) is 0 Å². The first-order valence-corrected chi connectivity index (χ1v) is 11.2. The second kappa shape index (κ2) is 7.64. The van der Waals surface area contributed by atoms with Gasteiger partial charge in [-0.2, -0.15) is 0 Å². The van der Waals surface area contributed by atoms with Crippen LogP contribution in [0.4, 0.5) is 0 Å². The minimum atomic E-state index is -2.82. The van der Waals surface area contributed by atoms with Crippen molar-refractivity contribution < 1.29 is 0 Å². The summed E-state index contributed by atoms with van der Waals surface area (Å²) in [6.45, 7) is 0. The Morgan fingerprint density at radius 2 is 1.04 bits per heavy atom. The van der Waals surface area contributed by atoms with Crippen molar-refractivity contribution in [1.82, 2.24) is 0 Å². The number of rotatable bonds is 2. The third kappa shape index (κ3) is 4.25. The Morgan fingerprint density at radius 1 is 0.615 bits per heavy atom. The lowest BCUT2D eigenvalue weighted by Gasteiger charge is -2.28. The van der Waals surface area contributed by atoms with E-state index in [9.17, 15) is 0 Å². The van der Waals surface area contributed by atoms with Crippen LogP contribution in [0.3, 0.4) is 0 Å². The molecule has 0 aliphatic carbocycles. The molecule has 0 saturated heterocycles. The van der Waals surface area contributed by atoms with E-state index in [1.807, 2.05) is 60.7 Å². The van der Waals surface area contributed by atoms with E-state index in [0.717, 1.165) is 10.6 Å². The van der Waals surface area contributed by atoms with Crippen molar-refractivity contribution in [3.63, 3.8) is 0 Å². The number of hydrogen-bond donors (Lipinski definition) is 0. The number of hydrogen-bond acceptors (Lipinski definition) is 3. The molecule has 0 radical (unpaired) electrons. The zero-order valence-electron chi connectivity index (χ0n) is 12.8. The molecule has 1 aliphatic heterocycles. The first-order valence-electron chi connectivity index (χ1n) is 7.20. The van der Waals surface area contributed by atoms with Crippen molar-refractivity contribution in [3.05, 3.63) is 60.7 Å². The molecule has 136 valence electrons. The molecule has 0 aromatic heterocycles. The molecule has 1 aliphatic rings. The van der Waals surface area contributed by atoms with Crippen molar-refractivity contribution >= 4 is 99.1 Å². The van der Waals surface area contributed by atoms with Crippen molar-refractivity contribution in [2.75, 3.05) is 0 Å². The van der Waals surface area contributed by atoms with Gasteiger partial charge in [0.15, 0.2) is 11.7 Å². The number of aliphatic imine (C=N–C) groups is 1. The van der Waals surface area contributed by atoms with Gasteiger partial charge < -0.3 is 0 Å². The molecule has 2 aromatic rings. The maximum Gasteiger partial charge on any atom is 0.250 e. The zero-order valence-corrected chi connectivity index (χ0v) is 18.3. The van der Waals surface area contributed by atoms with Gasteiger partial charge in [0.1, 0.15) is 7.21 Å². The average Bonchev–Trinajstić information content (AvgIpc) is 2.61. The van der Waals surface area contributed by atoms with Gasteiger partial charge in [0.05, 0.1) is 0 Å². The molecule has 3 rings (SSSR count). The molecule has 3 nitrogen and oxygen atoms in total. The molecular weight excluding hydrogens is 478 g/mol. The number of benzene rings is 2. The summed E-state index contributed by atoms with van der Waals surface area (Å²) >= 11 is 36.4. The van der Waals surface area contributed by atoms with Gasteiger partial charge in [-0.3, -0.25) is 0 Å². The topological polar surface area (TPSA) is 37.1 Å². The van der Waals surface area contributed by atoms with Gasteiger partial charge in [-0.1, -0.05) is 130 Å². The fraction of sp³-hybridized carbons (Fsp3) is 0.125. The van der Waals surface area contributed by atoms with E-state index >= 15 is 0 Å². The minimum absolute atomic E-state index is 0.0696. The third-order valence-electron chi connectivity index (χ3n) is 3.43. The summed E-state index contributed by atoms with van der Waals surface area (Å²) in [4.78, 5) is 4.11. The Hall–Kier alpha value is -0.250. The van der Waals surface area contributed by atoms with E-state index in [0.29, 0.717) is 0 Å². The van der Waals surface area contributed by atoms with Crippen molar-refractivity contribution in [3.8, 4) is 0 Å². The highest BCUT2D eigenvalue weighted by molar-refractivity contribution is 7.80. The van der Waals surface area contributed by atoms with Gasteiger partial charge >= 0.3 is 0 Å². The maximum atomic E-state index is 6.07. The molecule has 0 saturated carbocycles. The van der Waals surface area contributed by atoms with Crippen LogP contribution in [0.1, 0.15) is 0 Å². The summed E-state index contributed by atoms with van der Waals surface area (Å²) < 4.78 is 5.59. The highest BCUT2D eigenvalue weighted by Gasteiger charge is 2.41. The standard InChI is InChI=1S/C16H10Cl6N3P/c17-15(18,19)13-23-14(16(20,21)22)25-26(24-13,11-7-3-1-4-8-11)12-9-5-2-6-10-12/h1-10H. The molecule has 0 atom stereocenters. The summed E-state index contributed by atoms with van der Waals surface area (Å²) in [6.07, 6.45) is 0. The first kappa shape index (κ1) is 20.5. The van der Waals surface area contributed by atoms with Crippen LogP contribution in [0.25, 0.3) is 0 Å². The number of halogens is 6. The molecule has 0 fully saturated rings. The highest BCUT2D eigenvalue weighted by atomic mass is 35.6. The molecule has 0 amide bonds. The quantitative estimate of drug-likeness (QED) is 0.352. The average molecular weight is 488 g/mol. The number of amidine groups is 2. The van der Waals surface area contributed by atoms with Gasteiger partial charge in [-0.15, -0.1) is 0 Å². The van der Waals surface area contributed by atoms with E-state index < -0.39 is 14.8 Å². The third-order valence-corrected chi connectivity index (χ3v) is 7.44. The predicted octanol–water partition coefficient (Wildman–Crippen LogP) is 6.30. The smallest absolute Gasteiger partial charge is 0.216 e. The second-order valence-electron chi connectivity index (χ2n) is 5.23. The normalized spacial score (nSPS) is 17.2. The van der Waals surface area contributed by atoms with Gasteiger partial charge in [0.25, 0.3) is 0 Å². The van der Waals surface area contributed by atoms with Gasteiger partial charge in [-0.25, -0.2) is 14.5 Å². The minimum Gasteiger partial charge on any atom is -0.216 e. The fourth-order valence-corrected chi connectivity index (χ4v) is 6.11. The van der Waals surface area contributed by atoms with Gasteiger partial charge in [0.2, 0.25) is 7.59 Å².